The average Bonchev–Trinajstić information content (AvgIpc) is 2.28. The van der Waals surface area contributed by atoms with Crippen LogP contribution in [0.5, 0.6) is 0 Å². The largest absolute Gasteiger partial charge is 0.382 e. The quantitative estimate of drug-likeness (QED) is 0.492. The van der Waals surface area contributed by atoms with Gasteiger partial charge in [-0.1, -0.05) is 6.92 Å². The second-order valence-electron chi connectivity index (χ2n) is 3.57. The van der Waals surface area contributed by atoms with E-state index < -0.39 is 0 Å². The van der Waals surface area contributed by atoms with E-state index in [0.717, 1.165) is 44.3 Å². The second-order valence-corrected chi connectivity index (χ2v) is 5.25. The standard InChI is InChI=1S/C11H24N2OS2/c1-4-14-9-5-7-12-11(15)13-8-6-10(2)16-3/h10H,4-9H2,1-3H3,(H2,12,13,15). The predicted octanol–water partition coefficient (Wildman–Crippen LogP) is 2.02. The first-order chi connectivity index (χ1) is 7.70. The lowest BCUT2D eigenvalue weighted by Gasteiger charge is -2.12. The van der Waals surface area contributed by atoms with Gasteiger partial charge in [0.25, 0.3) is 0 Å². The van der Waals surface area contributed by atoms with E-state index in [0.29, 0.717) is 5.25 Å². The first kappa shape index (κ1) is 16.0. The van der Waals surface area contributed by atoms with Gasteiger partial charge in [0, 0.05) is 31.6 Å². The van der Waals surface area contributed by atoms with E-state index in [9.17, 15) is 0 Å². The van der Waals surface area contributed by atoms with Crippen molar-refractivity contribution in [3.8, 4) is 0 Å². The van der Waals surface area contributed by atoms with Crippen LogP contribution in [0.2, 0.25) is 0 Å². The van der Waals surface area contributed by atoms with Crippen LogP contribution < -0.4 is 10.6 Å². The van der Waals surface area contributed by atoms with Crippen molar-refractivity contribution < 1.29 is 4.74 Å². The van der Waals surface area contributed by atoms with Crippen molar-refractivity contribution in [1.82, 2.24) is 10.6 Å². The summed E-state index contributed by atoms with van der Waals surface area (Å²) < 4.78 is 5.24. The summed E-state index contributed by atoms with van der Waals surface area (Å²) in [5.41, 5.74) is 0. The van der Waals surface area contributed by atoms with Gasteiger partial charge in [-0.05, 0) is 38.2 Å². The van der Waals surface area contributed by atoms with Gasteiger partial charge in [0.2, 0.25) is 0 Å². The normalized spacial score (nSPS) is 12.2. The summed E-state index contributed by atoms with van der Waals surface area (Å²) in [5, 5.41) is 7.81. The SMILES string of the molecule is CCOCCCNC(=S)NCCC(C)SC. The Morgan fingerprint density at radius 1 is 1.38 bits per heavy atom. The maximum absolute atomic E-state index is 5.24. The molecule has 3 nitrogen and oxygen atoms in total. The first-order valence-electron chi connectivity index (χ1n) is 5.83. The molecule has 1 unspecified atom stereocenters. The van der Waals surface area contributed by atoms with Gasteiger partial charge in [0.05, 0.1) is 0 Å². The Kier molecular flexibility index (Phi) is 11.5. The molecule has 16 heavy (non-hydrogen) atoms. The molecule has 0 bridgehead atoms. The third-order valence-electron chi connectivity index (χ3n) is 2.19. The van der Waals surface area contributed by atoms with Crippen LogP contribution in [0.25, 0.3) is 0 Å². The lowest BCUT2D eigenvalue weighted by molar-refractivity contribution is 0.145. The average molecular weight is 264 g/mol. The fourth-order valence-corrected chi connectivity index (χ4v) is 1.65. The van der Waals surface area contributed by atoms with Gasteiger partial charge in [-0.3, -0.25) is 0 Å². The van der Waals surface area contributed by atoms with Crippen molar-refractivity contribution in [3.05, 3.63) is 0 Å². The zero-order valence-electron chi connectivity index (χ0n) is 10.5. The summed E-state index contributed by atoms with van der Waals surface area (Å²) >= 11 is 7.03. The van der Waals surface area contributed by atoms with Crippen LogP contribution >= 0.6 is 24.0 Å². The van der Waals surface area contributed by atoms with E-state index in [-0.39, 0.29) is 0 Å². The molecule has 0 spiro atoms. The Balaban J connectivity index is 3.24. The van der Waals surface area contributed by atoms with Gasteiger partial charge in [0.1, 0.15) is 0 Å². The molecule has 0 aromatic carbocycles. The van der Waals surface area contributed by atoms with Crippen molar-refractivity contribution in [2.75, 3.05) is 32.6 Å². The van der Waals surface area contributed by atoms with Gasteiger partial charge in [-0.2, -0.15) is 11.8 Å². The zero-order valence-corrected chi connectivity index (χ0v) is 12.2. The lowest BCUT2D eigenvalue weighted by Crippen LogP contribution is -2.37. The Morgan fingerprint density at radius 3 is 2.69 bits per heavy atom. The summed E-state index contributed by atoms with van der Waals surface area (Å²) in [4.78, 5) is 0. The molecule has 1 atom stereocenters. The van der Waals surface area contributed by atoms with Gasteiger partial charge in [-0.15, -0.1) is 0 Å². The molecule has 0 amide bonds. The molecule has 0 aliphatic carbocycles. The molecular formula is C11H24N2OS2. The maximum Gasteiger partial charge on any atom is 0.166 e. The van der Waals surface area contributed by atoms with Gasteiger partial charge in [0.15, 0.2) is 5.11 Å². The molecule has 0 aromatic heterocycles. The number of nitrogens with one attached hydrogen (secondary N) is 2. The minimum absolute atomic E-state index is 0.688. The van der Waals surface area contributed by atoms with Gasteiger partial charge >= 0.3 is 0 Å². The number of rotatable bonds is 9. The van der Waals surface area contributed by atoms with E-state index in [1.807, 2.05) is 18.7 Å². The summed E-state index contributed by atoms with van der Waals surface area (Å²) in [5.74, 6) is 0. The number of thioether (sulfide) groups is 1. The summed E-state index contributed by atoms with van der Waals surface area (Å²) in [6.07, 6.45) is 4.27. The third kappa shape index (κ3) is 10.5. The van der Waals surface area contributed by atoms with Crippen molar-refractivity contribution in [1.29, 1.82) is 0 Å². The fraction of sp³-hybridized carbons (Fsp3) is 0.909. The fourth-order valence-electron chi connectivity index (χ4n) is 1.09. The van der Waals surface area contributed by atoms with Crippen LogP contribution in [-0.4, -0.2) is 42.9 Å². The zero-order chi connectivity index (χ0) is 12.2. The molecular weight excluding hydrogens is 240 g/mol. The van der Waals surface area contributed by atoms with E-state index in [1.54, 1.807) is 0 Å². The molecule has 0 aliphatic heterocycles. The molecule has 0 saturated heterocycles. The van der Waals surface area contributed by atoms with E-state index in [4.69, 9.17) is 17.0 Å². The molecule has 0 aliphatic rings. The van der Waals surface area contributed by atoms with Crippen molar-refractivity contribution >= 4 is 29.1 Å². The van der Waals surface area contributed by atoms with Crippen molar-refractivity contribution in [3.63, 3.8) is 0 Å². The minimum atomic E-state index is 0.688. The molecule has 5 heteroatoms. The highest BCUT2D eigenvalue weighted by atomic mass is 32.2. The van der Waals surface area contributed by atoms with Gasteiger partial charge < -0.3 is 15.4 Å². The van der Waals surface area contributed by atoms with Crippen LogP contribution in [0.15, 0.2) is 0 Å². The third-order valence-corrected chi connectivity index (χ3v) is 3.52. The molecule has 0 radical (unpaired) electrons. The molecule has 0 fully saturated rings. The van der Waals surface area contributed by atoms with Crippen LogP contribution in [0, 0.1) is 0 Å². The monoisotopic (exact) mass is 264 g/mol. The molecule has 0 aromatic rings. The maximum atomic E-state index is 5.24. The Labute approximate surface area is 109 Å². The first-order valence-corrected chi connectivity index (χ1v) is 7.52. The Hall–Kier alpha value is 0. The minimum Gasteiger partial charge on any atom is -0.382 e. The highest BCUT2D eigenvalue weighted by Crippen LogP contribution is 2.07. The van der Waals surface area contributed by atoms with E-state index in [2.05, 4.69) is 23.8 Å². The lowest BCUT2D eigenvalue weighted by atomic mass is 10.3. The number of hydrogen-bond donors (Lipinski definition) is 2. The molecule has 0 rings (SSSR count). The van der Waals surface area contributed by atoms with Crippen LogP contribution in [0.4, 0.5) is 0 Å². The number of hydrogen-bond acceptors (Lipinski definition) is 3. The Morgan fingerprint density at radius 2 is 2.06 bits per heavy atom. The number of ether oxygens (including phenoxy) is 1. The molecule has 2 N–H and O–H groups in total. The smallest absolute Gasteiger partial charge is 0.166 e. The molecule has 0 heterocycles. The van der Waals surface area contributed by atoms with E-state index >= 15 is 0 Å². The second kappa shape index (κ2) is 11.5. The van der Waals surface area contributed by atoms with Gasteiger partial charge in [-0.25, -0.2) is 0 Å². The van der Waals surface area contributed by atoms with E-state index in [1.165, 1.54) is 0 Å². The van der Waals surface area contributed by atoms with Crippen LogP contribution in [-0.2, 0) is 4.74 Å². The molecule has 0 saturated carbocycles. The van der Waals surface area contributed by atoms with Crippen molar-refractivity contribution in [2.45, 2.75) is 31.9 Å². The molecule has 96 valence electrons. The number of thiocarbonyl (C=S) groups is 1. The topological polar surface area (TPSA) is 33.3 Å². The summed E-state index contributed by atoms with van der Waals surface area (Å²) in [6.45, 7) is 7.64. The Bertz CT molecular complexity index is 179. The van der Waals surface area contributed by atoms with Crippen molar-refractivity contribution in [2.24, 2.45) is 0 Å². The summed E-state index contributed by atoms with van der Waals surface area (Å²) in [7, 11) is 0. The van der Waals surface area contributed by atoms with Crippen LogP contribution in [0.1, 0.15) is 26.7 Å². The predicted molar refractivity (Wildman–Crippen MR) is 77.3 cm³/mol. The summed E-state index contributed by atoms with van der Waals surface area (Å²) in [6, 6.07) is 0. The highest BCUT2D eigenvalue weighted by molar-refractivity contribution is 7.99. The van der Waals surface area contributed by atoms with Crippen LogP contribution in [0.3, 0.4) is 0 Å². The highest BCUT2D eigenvalue weighted by Gasteiger charge is 1.99.